The molecule has 5 heteroatoms. The number of nitrogens with two attached hydrogens (primary N) is 1. The highest BCUT2D eigenvalue weighted by atomic mass is 16.5. The standard InChI is InChI=1S/C21H18N4O/c1-14-16-9-5-6-10-17(16)24-18(20(14)15-7-3-2-4-8-15)13-26-19-11-12-23-21(22)25-19/h2-12H,13H2,1H3,(H2,22,23,25). The summed E-state index contributed by atoms with van der Waals surface area (Å²) < 4.78 is 5.85. The van der Waals surface area contributed by atoms with Gasteiger partial charge in [0.25, 0.3) is 0 Å². The molecular weight excluding hydrogens is 324 g/mol. The number of aromatic nitrogens is 3. The number of nitrogens with zero attached hydrogens (tertiary/aromatic N) is 3. The zero-order valence-electron chi connectivity index (χ0n) is 14.4. The topological polar surface area (TPSA) is 73.9 Å². The maximum absolute atomic E-state index is 5.85. The van der Waals surface area contributed by atoms with Crippen molar-refractivity contribution in [3.05, 3.63) is 78.1 Å². The third-order valence-corrected chi connectivity index (χ3v) is 4.29. The van der Waals surface area contributed by atoms with Gasteiger partial charge in [-0.3, -0.25) is 0 Å². The molecule has 0 saturated heterocycles. The second-order valence-corrected chi connectivity index (χ2v) is 5.98. The van der Waals surface area contributed by atoms with Crippen molar-refractivity contribution in [1.29, 1.82) is 0 Å². The molecule has 2 heterocycles. The Bertz CT molecular complexity index is 1060. The fourth-order valence-corrected chi connectivity index (χ4v) is 3.11. The van der Waals surface area contributed by atoms with E-state index in [0.29, 0.717) is 12.5 Å². The van der Waals surface area contributed by atoms with Crippen LogP contribution in [0.3, 0.4) is 0 Å². The lowest BCUT2D eigenvalue weighted by Gasteiger charge is -2.15. The van der Waals surface area contributed by atoms with Crippen LogP contribution in [0.1, 0.15) is 11.3 Å². The second-order valence-electron chi connectivity index (χ2n) is 5.98. The number of pyridine rings is 1. The van der Waals surface area contributed by atoms with Gasteiger partial charge in [0.05, 0.1) is 11.2 Å². The Labute approximate surface area is 151 Å². The van der Waals surface area contributed by atoms with Crippen LogP contribution in [-0.4, -0.2) is 15.0 Å². The van der Waals surface area contributed by atoms with E-state index < -0.39 is 0 Å². The molecule has 0 saturated carbocycles. The molecule has 0 radical (unpaired) electrons. The first-order valence-electron chi connectivity index (χ1n) is 8.37. The summed E-state index contributed by atoms with van der Waals surface area (Å²) in [6, 6.07) is 20.1. The Morgan fingerprint density at radius 2 is 1.69 bits per heavy atom. The Hall–Kier alpha value is -3.47. The lowest BCUT2D eigenvalue weighted by atomic mass is 9.95. The summed E-state index contributed by atoms with van der Waals surface area (Å²) in [6.07, 6.45) is 1.58. The van der Waals surface area contributed by atoms with Gasteiger partial charge >= 0.3 is 0 Å². The summed E-state index contributed by atoms with van der Waals surface area (Å²) in [5.74, 6) is 0.623. The SMILES string of the molecule is Cc1c(-c2ccccc2)c(COc2ccnc(N)n2)nc2ccccc12. The Balaban J connectivity index is 1.81. The number of para-hydroxylation sites is 1. The van der Waals surface area contributed by atoms with Crippen molar-refractivity contribution in [2.24, 2.45) is 0 Å². The molecule has 4 aromatic rings. The minimum Gasteiger partial charge on any atom is -0.471 e. The number of benzene rings is 2. The van der Waals surface area contributed by atoms with E-state index in [0.717, 1.165) is 27.7 Å². The fourth-order valence-electron chi connectivity index (χ4n) is 3.11. The number of hydrogen-bond acceptors (Lipinski definition) is 5. The van der Waals surface area contributed by atoms with Gasteiger partial charge in [0.15, 0.2) is 0 Å². The average molecular weight is 342 g/mol. The van der Waals surface area contributed by atoms with Crippen molar-refractivity contribution in [3.63, 3.8) is 0 Å². The van der Waals surface area contributed by atoms with Crippen molar-refractivity contribution in [2.75, 3.05) is 5.73 Å². The van der Waals surface area contributed by atoms with Crippen LogP contribution in [0.4, 0.5) is 5.95 Å². The lowest BCUT2D eigenvalue weighted by Crippen LogP contribution is -2.05. The minimum absolute atomic E-state index is 0.188. The first kappa shape index (κ1) is 16.0. The van der Waals surface area contributed by atoms with E-state index in [1.54, 1.807) is 12.3 Å². The van der Waals surface area contributed by atoms with E-state index in [1.165, 1.54) is 5.56 Å². The molecule has 128 valence electrons. The molecule has 0 bridgehead atoms. The van der Waals surface area contributed by atoms with Gasteiger partial charge < -0.3 is 10.5 Å². The molecule has 2 N–H and O–H groups in total. The highest BCUT2D eigenvalue weighted by Gasteiger charge is 2.14. The van der Waals surface area contributed by atoms with Crippen LogP contribution in [0.15, 0.2) is 66.9 Å². The van der Waals surface area contributed by atoms with E-state index in [2.05, 4.69) is 35.1 Å². The van der Waals surface area contributed by atoms with E-state index in [1.807, 2.05) is 36.4 Å². The van der Waals surface area contributed by atoms with Gasteiger partial charge in [-0.05, 0) is 24.1 Å². The van der Waals surface area contributed by atoms with Gasteiger partial charge in [-0.25, -0.2) is 9.97 Å². The predicted octanol–water partition coefficient (Wildman–Crippen LogP) is 4.16. The van der Waals surface area contributed by atoms with E-state index in [4.69, 9.17) is 15.5 Å². The normalized spacial score (nSPS) is 10.8. The molecule has 0 aliphatic carbocycles. The molecule has 26 heavy (non-hydrogen) atoms. The first-order chi connectivity index (χ1) is 12.7. The van der Waals surface area contributed by atoms with E-state index >= 15 is 0 Å². The summed E-state index contributed by atoms with van der Waals surface area (Å²) >= 11 is 0. The number of hydrogen-bond donors (Lipinski definition) is 1. The number of ether oxygens (including phenoxy) is 1. The smallest absolute Gasteiger partial charge is 0.223 e. The molecule has 0 aliphatic heterocycles. The van der Waals surface area contributed by atoms with Gasteiger partial charge in [-0.2, -0.15) is 4.98 Å². The number of nitrogen functional groups attached to an aromatic ring is 1. The first-order valence-corrected chi connectivity index (χ1v) is 8.37. The van der Waals surface area contributed by atoms with Gasteiger partial charge in [0.1, 0.15) is 6.61 Å². The molecule has 0 amide bonds. The quantitative estimate of drug-likeness (QED) is 0.603. The number of rotatable bonds is 4. The van der Waals surface area contributed by atoms with Crippen molar-refractivity contribution >= 4 is 16.9 Å². The third-order valence-electron chi connectivity index (χ3n) is 4.29. The molecule has 4 rings (SSSR count). The number of anilines is 1. The Kier molecular flexibility index (Phi) is 4.19. The molecule has 0 fully saturated rings. The highest BCUT2D eigenvalue weighted by Crippen LogP contribution is 2.32. The summed E-state index contributed by atoms with van der Waals surface area (Å²) in [6.45, 7) is 2.42. The molecule has 2 aromatic heterocycles. The summed E-state index contributed by atoms with van der Waals surface area (Å²) in [4.78, 5) is 12.8. The largest absolute Gasteiger partial charge is 0.471 e. The molecule has 0 aliphatic rings. The monoisotopic (exact) mass is 342 g/mol. The number of aryl methyl sites for hydroxylation is 1. The van der Waals surface area contributed by atoms with E-state index in [-0.39, 0.29) is 5.95 Å². The second kappa shape index (κ2) is 6.80. The van der Waals surface area contributed by atoms with Crippen molar-refractivity contribution < 1.29 is 4.74 Å². The molecule has 2 aromatic carbocycles. The van der Waals surface area contributed by atoms with Crippen LogP contribution in [0.25, 0.3) is 22.0 Å². The van der Waals surface area contributed by atoms with Gasteiger partial charge in [0, 0.05) is 23.2 Å². The van der Waals surface area contributed by atoms with Crippen LogP contribution in [0, 0.1) is 6.92 Å². The number of fused-ring (bicyclic) bond motifs is 1. The zero-order chi connectivity index (χ0) is 17.9. The van der Waals surface area contributed by atoms with Crippen LogP contribution in [-0.2, 0) is 6.61 Å². The van der Waals surface area contributed by atoms with Crippen LogP contribution in [0.2, 0.25) is 0 Å². The maximum Gasteiger partial charge on any atom is 0.223 e. The zero-order valence-corrected chi connectivity index (χ0v) is 14.4. The van der Waals surface area contributed by atoms with Gasteiger partial charge in [-0.15, -0.1) is 0 Å². The van der Waals surface area contributed by atoms with Gasteiger partial charge in [0.2, 0.25) is 11.8 Å². The van der Waals surface area contributed by atoms with Crippen molar-refractivity contribution in [1.82, 2.24) is 15.0 Å². The highest BCUT2D eigenvalue weighted by molar-refractivity contribution is 5.89. The third kappa shape index (κ3) is 3.07. The lowest BCUT2D eigenvalue weighted by molar-refractivity contribution is 0.290. The van der Waals surface area contributed by atoms with Crippen molar-refractivity contribution in [3.8, 4) is 17.0 Å². The van der Waals surface area contributed by atoms with Gasteiger partial charge in [-0.1, -0.05) is 48.5 Å². The Morgan fingerprint density at radius 1 is 0.923 bits per heavy atom. The van der Waals surface area contributed by atoms with Crippen LogP contribution in [0.5, 0.6) is 5.88 Å². The predicted molar refractivity (Wildman–Crippen MR) is 103 cm³/mol. The van der Waals surface area contributed by atoms with Crippen LogP contribution < -0.4 is 10.5 Å². The maximum atomic E-state index is 5.85. The summed E-state index contributed by atoms with van der Waals surface area (Å²) in [5, 5.41) is 1.14. The van der Waals surface area contributed by atoms with Crippen molar-refractivity contribution in [2.45, 2.75) is 13.5 Å². The molecule has 0 atom stereocenters. The fraction of sp³-hybridized carbons (Fsp3) is 0.0952. The van der Waals surface area contributed by atoms with E-state index in [9.17, 15) is 0 Å². The Morgan fingerprint density at radius 3 is 2.50 bits per heavy atom. The minimum atomic E-state index is 0.188. The van der Waals surface area contributed by atoms with Crippen LogP contribution >= 0.6 is 0 Å². The summed E-state index contributed by atoms with van der Waals surface area (Å²) in [7, 11) is 0. The molecule has 0 unspecified atom stereocenters. The molecule has 0 spiro atoms. The average Bonchev–Trinajstić information content (AvgIpc) is 2.67. The molecular formula is C21H18N4O. The molecule has 5 nitrogen and oxygen atoms in total. The summed E-state index contributed by atoms with van der Waals surface area (Å²) in [5.41, 5.74) is 10.8.